The number of benzene rings is 9. The summed E-state index contributed by atoms with van der Waals surface area (Å²) in [5, 5.41) is 2.49. The number of anilines is 3. The Morgan fingerprint density at radius 2 is 0.857 bits per heavy atom. The van der Waals surface area contributed by atoms with Gasteiger partial charge in [0.25, 0.3) is 0 Å². The summed E-state index contributed by atoms with van der Waals surface area (Å²) in [6.45, 7) is 4.75. The third kappa shape index (κ3) is 5.72. The Morgan fingerprint density at radius 3 is 1.59 bits per heavy atom. The molecule has 9 aromatic rings. The molecule has 0 unspecified atom stereocenters. The Kier molecular flexibility index (Phi) is 8.23. The smallest absolute Gasteiger partial charge is 0.0467 e. The van der Waals surface area contributed by atoms with Crippen LogP contribution < -0.4 is 4.90 Å². The Morgan fingerprint density at radius 1 is 0.321 bits per heavy atom. The predicted molar refractivity (Wildman–Crippen MR) is 238 cm³/mol. The first-order chi connectivity index (χ1) is 27.5. The molecule has 56 heavy (non-hydrogen) atoms. The fourth-order valence-electron chi connectivity index (χ4n) is 8.92. The molecule has 1 aliphatic carbocycles. The zero-order chi connectivity index (χ0) is 37.6. The minimum Gasteiger partial charge on any atom is -0.310 e. The van der Waals surface area contributed by atoms with Crippen molar-refractivity contribution in [3.05, 3.63) is 223 Å². The highest BCUT2D eigenvalue weighted by molar-refractivity contribution is 6.04. The van der Waals surface area contributed by atoms with Crippen molar-refractivity contribution in [3.63, 3.8) is 0 Å². The van der Waals surface area contributed by atoms with E-state index in [1.807, 2.05) is 0 Å². The third-order valence-electron chi connectivity index (χ3n) is 11.6. The van der Waals surface area contributed by atoms with Crippen molar-refractivity contribution >= 4 is 27.8 Å². The molecular weight excluding hydrogens is 675 g/mol. The third-order valence-corrected chi connectivity index (χ3v) is 11.6. The molecule has 0 radical (unpaired) electrons. The van der Waals surface area contributed by atoms with Crippen LogP contribution in [0.4, 0.5) is 17.1 Å². The van der Waals surface area contributed by atoms with E-state index in [4.69, 9.17) is 0 Å². The van der Waals surface area contributed by atoms with Gasteiger partial charge < -0.3 is 4.90 Å². The van der Waals surface area contributed by atoms with Crippen molar-refractivity contribution in [1.29, 1.82) is 0 Å². The zero-order valence-corrected chi connectivity index (χ0v) is 31.7. The van der Waals surface area contributed by atoms with Gasteiger partial charge in [-0.05, 0) is 114 Å². The lowest BCUT2D eigenvalue weighted by Gasteiger charge is -2.29. The molecule has 0 aliphatic heterocycles. The van der Waals surface area contributed by atoms with Gasteiger partial charge >= 0.3 is 0 Å². The first-order valence-electron chi connectivity index (χ1n) is 19.5. The van der Waals surface area contributed by atoms with Gasteiger partial charge in [0, 0.05) is 22.5 Å². The van der Waals surface area contributed by atoms with Gasteiger partial charge in [-0.15, -0.1) is 0 Å². The van der Waals surface area contributed by atoms with Crippen LogP contribution >= 0.6 is 0 Å². The summed E-state index contributed by atoms with van der Waals surface area (Å²) in [6, 6.07) is 77.6. The second-order valence-electron chi connectivity index (χ2n) is 15.3. The highest BCUT2D eigenvalue weighted by Gasteiger charge is 2.37. The van der Waals surface area contributed by atoms with Crippen LogP contribution in [0.5, 0.6) is 0 Å². The first-order valence-corrected chi connectivity index (χ1v) is 19.5. The minimum absolute atomic E-state index is 0.180. The molecule has 266 valence electrons. The second kappa shape index (κ2) is 13.7. The molecule has 0 bridgehead atoms. The number of nitrogens with zero attached hydrogens (tertiary/aromatic N) is 1. The summed E-state index contributed by atoms with van der Waals surface area (Å²) in [5.41, 5.74) is 18.3. The summed E-state index contributed by atoms with van der Waals surface area (Å²) < 4.78 is 0. The van der Waals surface area contributed by atoms with Crippen LogP contribution in [0.25, 0.3) is 66.4 Å². The Balaban J connectivity index is 1.17. The van der Waals surface area contributed by atoms with Crippen molar-refractivity contribution in [2.75, 3.05) is 4.90 Å². The lowest BCUT2D eigenvalue weighted by Crippen LogP contribution is -2.16. The minimum atomic E-state index is -0.180. The summed E-state index contributed by atoms with van der Waals surface area (Å²) in [6.07, 6.45) is 0. The Bertz CT molecular complexity index is 2870. The average molecular weight is 716 g/mol. The maximum atomic E-state index is 2.44. The van der Waals surface area contributed by atoms with Gasteiger partial charge in [0.05, 0.1) is 0 Å². The lowest BCUT2D eigenvalue weighted by atomic mass is 9.81. The van der Waals surface area contributed by atoms with Crippen molar-refractivity contribution in [1.82, 2.24) is 0 Å². The molecule has 0 saturated heterocycles. The van der Waals surface area contributed by atoms with Crippen LogP contribution in [0.3, 0.4) is 0 Å². The number of rotatable bonds is 7. The SMILES string of the molecule is CC1(C)c2cc(N(c3cccc(-c4ccccc4)c3)c3cccc(-c4ccc5ccccc5c4-c4ccccc4)c3)ccc2-c2c(-c3ccccc3)cccc21. The van der Waals surface area contributed by atoms with Gasteiger partial charge in [0.15, 0.2) is 0 Å². The fourth-order valence-corrected chi connectivity index (χ4v) is 8.92. The van der Waals surface area contributed by atoms with Gasteiger partial charge in [0.2, 0.25) is 0 Å². The van der Waals surface area contributed by atoms with E-state index in [9.17, 15) is 0 Å². The molecule has 0 N–H and O–H groups in total. The largest absolute Gasteiger partial charge is 0.310 e. The summed E-state index contributed by atoms with van der Waals surface area (Å²) >= 11 is 0. The number of hydrogen-bond donors (Lipinski definition) is 0. The monoisotopic (exact) mass is 715 g/mol. The molecule has 0 heterocycles. The van der Waals surface area contributed by atoms with E-state index in [0.29, 0.717) is 0 Å². The molecule has 0 amide bonds. The standard InChI is InChI=1S/C55H41N/c1-55(2)51-30-16-29-48(39-19-8-4-9-20-39)54(51)50-34-32-46(37-52(50)55)56(44-26-14-24-42(35-44)38-17-6-3-7-18-38)45-27-15-25-43(36-45)49-33-31-40-21-12-13-28-47(40)53(49)41-22-10-5-11-23-41/h3-37H,1-2H3. The van der Waals surface area contributed by atoms with Crippen molar-refractivity contribution in [3.8, 4) is 55.6 Å². The second-order valence-corrected chi connectivity index (χ2v) is 15.3. The molecule has 1 aliphatic rings. The van der Waals surface area contributed by atoms with Crippen LogP contribution in [-0.2, 0) is 5.41 Å². The van der Waals surface area contributed by atoms with Gasteiger partial charge in [-0.1, -0.05) is 190 Å². The summed E-state index contributed by atoms with van der Waals surface area (Å²) in [7, 11) is 0. The van der Waals surface area contributed by atoms with Gasteiger partial charge in [-0.25, -0.2) is 0 Å². The van der Waals surface area contributed by atoms with E-state index in [0.717, 1.165) is 17.1 Å². The molecule has 0 atom stereocenters. The van der Waals surface area contributed by atoms with Crippen LogP contribution in [0, 0.1) is 0 Å². The molecule has 0 spiro atoms. The first kappa shape index (κ1) is 33.6. The van der Waals surface area contributed by atoms with Gasteiger partial charge in [0.1, 0.15) is 0 Å². The summed E-state index contributed by atoms with van der Waals surface area (Å²) in [4.78, 5) is 2.44. The van der Waals surface area contributed by atoms with Gasteiger partial charge in [-0.3, -0.25) is 0 Å². The van der Waals surface area contributed by atoms with Crippen molar-refractivity contribution in [2.24, 2.45) is 0 Å². The zero-order valence-electron chi connectivity index (χ0n) is 31.7. The Hall–Kier alpha value is -6.96. The van der Waals surface area contributed by atoms with E-state index in [2.05, 4.69) is 231 Å². The number of hydrogen-bond acceptors (Lipinski definition) is 1. The highest BCUT2D eigenvalue weighted by atomic mass is 15.1. The Labute approximate surface area is 329 Å². The quantitative estimate of drug-likeness (QED) is 0.159. The van der Waals surface area contributed by atoms with Crippen LogP contribution in [0.2, 0.25) is 0 Å². The predicted octanol–water partition coefficient (Wildman–Crippen LogP) is 15.3. The molecule has 0 aromatic heterocycles. The summed E-state index contributed by atoms with van der Waals surface area (Å²) in [5.74, 6) is 0. The van der Waals surface area contributed by atoms with Crippen molar-refractivity contribution < 1.29 is 0 Å². The highest BCUT2D eigenvalue weighted by Crippen LogP contribution is 2.54. The van der Waals surface area contributed by atoms with E-state index < -0.39 is 0 Å². The normalized spacial score (nSPS) is 12.6. The van der Waals surface area contributed by atoms with E-state index in [1.54, 1.807) is 0 Å². The topological polar surface area (TPSA) is 3.24 Å². The fraction of sp³-hybridized carbons (Fsp3) is 0.0545. The maximum Gasteiger partial charge on any atom is 0.0467 e. The molecule has 10 rings (SSSR count). The van der Waals surface area contributed by atoms with Crippen LogP contribution in [0.15, 0.2) is 212 Å². The van der Waals surface area contributed by atoms with E-state index in [1.165, 1.54) is 77.5 Å². The molecule has 0 saturated carbocycles. The molecule has 9 aromatic carbocycles. The van der Waals surface area contributed by atoms with Gasteiger partial charge in [-0.2, -0.15) is 0 Å². The molecular formula is C55H41N. The van der Waals surface area contributed by atoms with Crippen LogP contribution in [0.1, 0.15) is 25.0 Å². The molecule has 1 nitrogen and oxygen atoms in total. The van der Waals surface area contributed by atoms with E-state index >= 15 is 0 Å². The molecule has 1 heteroatoms. The number of fused-ring (bicyclic) bond motifs is 4. The van der Waals surface area contributed by atoms with Crippen LogP contribution in [-0.4, -0.2) is 0 Å². The average Bonchev–Trinajstić information content (AvgIpc) is 3.50. The van der Waals surface area contributed by atoms with E-state index in [-0.39, 0.29) is 5.41 Å². The lowest BCUT2D eigenvalue weighted by molar-refractivity contribution is 0.660. The molecule has 0 fully saturated rings. The maximum absolute atomic E-state index is 2.44. The van der Waals surface area contributed by atoms with Crippen molar-refractivity contribution in [2.45, 2.75) is 19.3 Å².